The average molecular weight is 292 g/mol. The van der Waals surface area contributed by atoms with Crippen LogP contribution in [-0.4, -0.2) is 29.1 Å². The molecule has 0 radical (unpaired) electrons. The lowest BCUT2D eigenvalue weighted by Crippen LogP contribution is -2.39. The quantitative estimate of drug-likeness (QED) is 0.449. The summed E-state index contributed by atoms with van der Waals surface area (Å²) < 4.78 is 0. The topological polar surface area (TPSA) is 95.8 Å². The van der Waals surface area contributed by atoms with E-state index in [0.29, 0.717) is 28.3 Å². The highest BCUT2D eigenvalue weighted by Gasteiger charge is 2.25. The van der Waals surface area contributed by atoms with Crippen molar-refractivity contribution < 1.29 is 10.0 Å². The number of anilines is 2. The summed E-state index contributed by atoms with van der Waals surface area (Å²) in [6.07, 6.45) is 2.07. The number of benzene rings is 1. The predicted octanol–water partition coefficient (Wildman–Crippen LogP) is 1.85. The number of rotatable bonds is 3. The molecule has 6 nitrogen and oxygen atoms in total. The van der Waals surface area contributed by atoms with E-state index < -0.39 is 0 Å². The molecule has 5 N–H and O–H groups in total. The fraction of sp³-hybridized carbons (Fsp3) is 0.533. The van der Waals surface area contributed by atoms with Gasteiger partial charge in [-0.25, -0.2) is 5.84 Å². The van der Waals surface area contributed by atoms with Gasteiger partial charge in [0.05, 0.1) is 5.69 Å². The second kappa shape index (κ2) is 6.32. The van der Waals surface area contributed by atoms with E-state index in [-0.39, 0.29) is 11.6 Å². The van der Waals surface area contributed by atoms with Crippen LogP contribution in [0.3, 0.4) is 0 Å². The van der Waals surface area contributed by atoms with Gasteiger partial charge in [0.15, 0.2) is 0 Å². The van der Waals surface area contributed by atoms with Crippen LogP contribution in [0.25, 0.3) is 0 Å². The standard InChI is InChI=1S/C15H24N4O2/c1-10(2)11-5-7-18(8-6-11)15(20)12-3-4-13(16)14(9-12)19(17)21/h3-4,9-11,21H,5-8,16-17H2,1-2H3. The molecule has 0 atom stereocenters. The van der Waals surface area contributed by atoms with E-state index in [4.69, 9.17) is 11.6 Å². The largest absolute Gasteiger partial charge is 0.397 e. The first-order valence-electron chi connectivity index (χ1n) is 7.32. The lowest BCUT2D eigenvalue weighted by molar-refractivity contribution is 0.0667. The number of piperidine rings is 1. The molecular formula is C15H24N4O2. The number of hydrogen-bond donors (Lipinski definition) is 3. The molecule has 1 aliphatic rings. The summed E-state index contributed by atoms with van der Waals surface area (Å²) >= 11 is 0. The lowest BCUT2D eigenvalue weighted by Gasteiger charge is -2.34. The Labute approximate surface area is 125 Å². The molecule has 0 unspecified atom stereocenters. The Hall–Kier alpha value is -1.79. The molecule has 0 saturated carbocycles. The van der Waals surface area contributed by atoms with E-state index in [9.17, 15) is 10.0 Å². The van der Waals surface area contributed by atoms with Crippen LogP contribution < -0.4 is 16.7 Å². The zero-order valence-electron chi connectivity index (χ0n) is 12.6. The van der Waals surface area contributed by atoms with Crippen molar-refractivity contribution >= 4 is 17.3 Å². The first kappa shape index (κ1) is 15.6. The van der Waals surface area contributed by atoms with Crippen molar-refractivity contribution in [2.75, 3.05) is 24.0 Å². The third kappa shape index (κ3) is 3.46. The molecular weight excluding hydrogens is 268 g/mol. The second-order valence-corrected chi connectivity index (χ2v) is 5.99. The Morgan fingerprint density at radius 1 is 1.38 bits per heavy atom. The number of carbonyl (C=O) groups is 1. The molecule has 0 spiro atoms. The maximum atomic E-state index is 12.5. The minimum Gasteiger partial charge on any atom is -0.397 e. The summed E-state index contributed by atoms with van der Waals surface area (Å²) in [6.45, 7) is 6.00. The van der Waals surface area contributed by atoms with Gasteiger partial charge >= 0.3 is 0 Å². The van der Waals surface area contributed by atoms with E-state index in [1.165, 1.54) is 6.07 Å². The van der Waals surface area contributed by atoms with Crippen LogP contribution in [0.5, 0.6) is 0 Å². The van der Waals surface area contributed by atoms with Gasteiger partial charge in [0.25, 0.3) is 5.91 Å². The number of carbonyl (C=O) groups excluding carboxylic acids is 1. The van der Waals surface area contributed by atoms with Crippen LogP contribution in [0, 0.1) is 11.8 Å². The van der Waals surface area contributed by atoms with Gasteiger partial charge < -0.3 is 10.6 Å². The average Bonchev–Trinajstić information content (AvgIpc) is 2.46. The molecule has 2 rings (SSSR count). The Balaban J connectivity index is 2.09. The highest BCUT2D eigenvalue weighted by atomic mass is 16.5. The number of hydrazine groups is 1. The number of hydrogen-bond acceptors (Lipinski definition) is 5. The molecule has 1 amide bonds. The summed E-state index contributed by atoms with van der Waals surface area (Å²) in [7, 11) is 0. The van der Waals surface area contributed by atoms with Crippen LogP contribution in [0.1, 0.15) is 37.0 Å². The van der Waals surface area contributed by atoms with Crippen molar-refractivity contribution in [2.45, 2.75) is 26.7 Å². The molecule has 1 fully saturated rings. The van der Waals surface area contributed by atoms with Crippen LogP contribution in [0.4, 0.5) is 11.4 Å². The van der Waals surface area contributed by atoms with Gasteiger partial charge in [-0.05, 0) is 42.9 Å². The fourth-order valence-corrected chi connectivity index (χ4v) is 2.83. The molecule has 0 aromatic heterocycles. The predicted molar refractivity (Wildman–Crippen MR) is 82.8 cm³/mol. The second-order valence-electron chi connectivity index (χ2n) is 5.99. The Kier molecular flexibility index (Phi) is 4.69. The minimum atomic E-state index is -0.0414. The highest BCUT2D eigenvalue weighted by Crippen LogP contribution is 2.27. The van der Waals surface area contributed by atoms with Crippen molar-refractivity contribution in [3.8, 4) is 0 Å². The number of nitrogen functional groups attached to an aromatic ring is 1. The molecule has 0 aliphatic carbocycles. The van der Waals surface area contributed by atoms with Crippen molar-refractivity contribution in [1.29, 1.82) is 0 Å². The normalized spacial score (nSPS) is 16.3. The molecule has 6 heteroatoms. The zero-order valence-corrected chi connectivity index (χ0v) is 12.6. The molecule has 1 saturated heterocycles. The zero-order chi connectivity index (χ0) is 15.6. The number of likely N-dealkylation sites (tertiary alicyclic amines) is 1. The molecule has 1 aliphatic heterocycles. The van der Waals surface area contributed by atoms with E-state index in [1.54, 1.807) is 12.1 Å². The summed E-state index contributed by atoms with van der Waals surface area (Å²) in [5.74, 6) is 6.60. The van der Waals surface area contributed by atoms with Crippen LogP contribution in [0.15, 0.2) is 18.2 Å². The first-order chi connectivity index (χ1) is 9.90. The van der Waals surface area contributed by atoms with Crippen molar-refractivity contribution in [3.63, 3.8) is 0 Å². The number of nitrogens with zero attached hydrogens (tertiary/aromatic N) is 2. The number of nitrogens with two attached hydrogens (primary N) is 2. The summed E-state index contributed by atoms with van der Waals surface area (Å²) in [5, 5.41) is 9.76. The maximum Gasteiger partial charge on any atom is 0.253 e. The Bertz CT molecular complexity index is 508. The first-order valence-corrected chi connectivity index (χ1v) is 7.32. The van der Waals surface area contributed by atoms with Crippen LogP contribution >= 0.6 is 0 Å². The van der Waals surface area contributed by atoms with Crippen molar-refractivity contribution in [1.82, 2.24) is 4.90 Å². The van der Waals surface area contributed by atoms with E-state index >= 15 is 0 Å². The third-order valence-electron chi connectivity index (χ3n) is 4.29. The molecule has 1 aromatic carbocycles. The molecule has 21 heavy (non-hydrogen) atoms. The fourth-order valence-electron chi connectivity index (χ4n) is 2.83. The van der Waals surface area contributed by atoms with Crippen molar-refractivity contribution in [2.24, 2.45) is 17.7 Å². The maximum absolute atomic E-state index is 12.5. The Morgan fingerprint density at radius 3 is 2.52 bits per heavy atom. The van der Waals surface area contributed by atoms with Crippen LogP contribution in [0.2, 0.25) is 0 Å². The third-order valence-corrected chi connectivity index (χ3v) is 4.29. The lowest BCUT2D eigenvalue weighted by atomic mass is 9.86. The summed E-state index contributed by atoms with van der Waals surface area (Å²) in [5.41, 5.74) is 6.77. The number of amides is 1. The van der Waals surface area contributed by atoms with Gasteiger partial charge in [0.2, 0.25) is 0 Å². The van der Waals surface area contributed by atoms with Crippen LogP contribution in [-0.2, 0) is 0 Å². The van der Waals surface area contributed by atoms with E-state index in [1.807, 2.05) is 4.90 Å². The monoisotopic (exact) mass is 292 g/mol. The van der Waals surface area contributed by atoms with Gasteiger partial charge in [0, 0.05) is 18.7 Å². The van der Waals surface area contributed by atoms with Gasteiger partial charge in [-0.2, -0.15) is 5.17 Å². The summed E-state index contributed by atoms with van der Waals surface area (Å²) in [6, 6.07) is 4.77. The van der Waals surface area contributed by atoms with Gasteiger partial charge in [0.1, 0.15) is 5.69 Å². The van der Waals surface area contributed by atoms with E-state index in [2.05, 4.69) is 13.8 Å². The smallest absolute Gasteiger partial charge is 0.253 e. The minimum absolute atomic E-state index is 0.0414. The van der Waals surface area contributed by atoms with E-state index in [0.717, 1.165) is 25.9 Å². The molecule has 0 bridgehead atoms. The SMILES string of the molecule is CC(C)C1CCN(C(=O)c2ccc(N)c(N(N)O)c2)CC1. The Morgan fingerprint density at radius 2 is 2.00 bits per heavy atom. The van der Waals surface area contributed by atoms with Crippen molar-refractivity contribution in [3.05, 3.63) is 23.8 Å². The molecule has 1 aromatic rings. The molecule has 1 heterocycles. The summed E-state index contributed by atoms with van der Waals surface area (Å²) in [4.78, 5) is 14.4. The van der Waals surface area contributed by atoms with Gasteiger partial charge in [-0.15, -0.1) is 0 Å². The molecule has 116 valence electrons. The van der Waals surface area contributed by atoms with Gasteiger partial charge in [-0.3, -0.25) is 10.0 Å². The van der Waals surface area contributed by atoms with Gasteiger partial charge in [-0.1, -0.05) is 13.8 Å². The highest BCUT2D eigenvalue weighted by molar-refractivity contribution is 5.96.